The number of ether oxygens (including phenoxy) is 1. The van der Waals surface area contributed by atoms with E-state index in [1.54, 1.807) is 13.1 Å². The second-order valence-corrected chi connectivity index (χ2v) is 9.32. The SMILES string of the molecule is C[C@H](/C=C/S(C)(=O)=O)NC(=O)c1cnc(N2CCOCC2c2ccccc2Cl)cn1. The maximum Gasteiger partial charge on any atom is 0.271 e. The number of carbonyl (C=O) groups is 1. The Morgan fingerprint density at radius 1 is 1.33 bits per heavy atom. The van der Waals surface area contributed by atoms with Gasteiger partial charge in [-0.15, -0.1) is 0 Å². The molecule has 0 aliphatic carbocycles. The maximum absolute atomic E-state index is 12.3. The Morgan fingerprint density at radius 2 is 2.10 bits per heavy atom. The molecule has 0 saturated carbocycles. The Bertz CT molecular complexity index is 1030. The molecule has 2 aromatic rings. The quantitative estimate of drug-likeness (QED) is 0.720. The van der Waals surface area contributed by atoms with Gasteiger partial charge in [-0.25, -0.2) is 18.4 Å². The Hall–Kier alpha value is -2.49. The average molecular weight is 451 g/mol. The summed E-state index contributed by atoms with van der Waals surface area (Å²) in [7, 11) is -3.25. The minimum absolute atomic E-state index is 0.109. The van der Waals surface area contributed by atoms with Crippen LogP contribution in [0.3, 0.4) is 0 Å². The van der Waals surface area contributed by atoms with Gasteiger partial charge in [0.1, 0.15) is 11.5 Å². The topological polar surface area (TPSA) is 101 Å². The molecule has 1 N–H and O–H groups in total. The molecule has 8 nitrogen and oxygen atoms in total. The molecule has 0 spiro atoms. The van der Waals surface area contributed by atoms with Crippen LogP contribution in [-0.2, 0) is 14.6 Å². The predicted molar refractivity (Wildman–Crippen MR) is 115 cm³/mol. The molecular formula is C20H23ClN4O4S. The number of amides is 1. The Kier molecular flexibility index (Phi) is 7.06. The van der Waals surface area contributed by atoms with Crippen LogP contribution in [0.1, 0.15) is 29.0 Å². The lowest BCUT2D eigenvalue weighted by Gasteiger charge is -2.37. The Morgan fingerprint density at radius 3 is 2.77 bits per heavy atom. The largest absolute Gasteiger partial charge is 0.377 e. The van der Waals surface area contributed by atoms with E-state index in [0.29, 0.717) is 30.6 Å². The van der Waals surface area contributed by atoms with Crippen LogP contribution in [0, 0.1) is 0 Å². The first-order chi connectivity index (χ1) is 14.2. The lowest BCUT2D eigenvalue weighted by atomic mass is 10.0. The van der Waals surface area contributed by atoms with E-state index in [2.05, 4.69) is 20.2 Å². The Labute approximate surface area is 180 Å². The summed E-state index contributed by atoms with van der Waals surface area (Å²) in [6, 6.07) is 7.00. The molecule has 0 bridgehead atoms. The zero-order valence-electron chi connectivity index (χ0n) is 16.7. The van der Waals surface area contributed by atoms with Crippen LogP contribution < -0.4 is 10.2 Å². The van der Waals surface area contributed by atoms with E-state index in [0.717, 1.165) is 17.2 Å². The fraction of sp³-hybridized carbons (Fsp3) is 0.350. The fourth-order valence-electron chi connectivity index (χ4n) is 3.06. The number of anilines is 1. The minimum Gasteiger partial charge on any atom is -0.377 e. The van der Waals surface area contributed by atoms with Crippen molar-refractivity contribution < 1.29 is 17.9 Å². The van der Waals surface area contributed by atoms with Crippen molar-refractivity contribution in [1.29, 1.82) is 0 Å². The molecule has 10 heteroatoms. The van der Waals surface area contributed by atoms with Gasteiger partial charge in [-0.2, -0.15) is 0 Å². The summed E-state index contributed by atoms with van der Waals surface area (Å²) in [6.07, 6.45) is 5.43. The standard InChI is InChI=1S/C20H23ClN4O4S/c1-14(7-10-30(2,27)28)24-20(26)17-11-23-19(12-22-17)25-8-9-29-13-18(25)15-5-3-4-6-16(15)21/h3-7,10-12,14,18H,8-9,13H2,1-2H3,(H,24,26)/b10-7+/t14-,18?/m1/s1. The van der Waals surface area contributed by atoms with Gasteiger partial charge in [-0.05, 0) is 18.6 Å². The monoisotopic (exact) mass is 450 g/mol. The van der Waals surface area contributed by atoms with Crippen LogP contribution in [-0.4, -0.2) is 56.3 Å². The molecule has 2 heterocycles. The van der Waals surface area contributed by atoms with Crippen LogP contribution in [0.25, 0.3) is 0 Å². The van der Waals surface area contributed by atoms with Crippen LogP contribution >= 0.6 is 11.6 Å². The molecule has 1 amide bonds. The van der Waals surface area contributed by atoms with E-state index in [9.17, 15) is 13.2 Å². The maximum atomic E-state index is 12.3. The van der Waals surface area contributed by atoms with Gasteiger partial charge in [-0.3, -0.25) is 4.79 Å². The van der Waals surface area contributed by atoms with Gasteiger partial charge in [0.25, 0.3) is 5.91 Å². The molecule has 0 radical (unpaired) electrons. The van der Waals surface area contributed by atoms with Gasteiger partial charge >= 0.3 is 0 Å². The molecule has 1 aliphatic heterocycles. The Balaban J connectivity index is 1.73. The third-order valence-corrected chi connectivity index (χ3v) is 5.53. The van der Waals surface area contributed by atoms with Crippen molar-refractivity contribution in [2.75, 3.05) is 30.9 Å². The first-order valence-corrected chi connectivity index (χ1v) is 11.7. The summed E-state index contributed by atoms with van der Waals surface area (Å²) in [4.78, 5) is 23.0. The van der Waals surface area contributed by atoms with Crippen molar-refractivity contribution in [3.63, 3.8) is 0 Å². The number of benzene rings is 1. The van der Waals surface area contributed by atoms with Crippen LogP contribution in [0.5, 0.6) is 0 Å². The third-order valence-electron chi connectivity index (χ3n) is 4.53. The van der Waals surface area contributed by atoms with Gasteiger partial charge in [0.15, 0.2) is 9.84 Å². The fourth-order valence-corrected chi connectivity index (χ4v) is 3.84. The lowest BCUT2D eigenvalue weighted by molar-refractivity contribution is 0.0930. The molecule has 1 aromatic carbocycles. The highest BCUT2D eigenvalue weighted by atomic mass is 35.5. The number of hydrogen-bond donors (Lipinski definition) is 1. The highest BCUT2D eigenvalue weighted by molar-refractivity contribution is 7.93. The van der Waals surface area contributed by atoms with Crippen molar-refractivity contribution in [3.8, 4) is 0 Å². The van der Waals surface area contributed by atoms with Gasteiger partial charge < -0.3 is 15.0 Å². The normalized spacial score (nSPS) is 18.4. The van der Waals surface area contributed by atoms with Gasteiger partial charge in [0.05, 0.1) is 31.6 Å². The predicted octanol–water partition coefficient (Wildman–Crippen LogP) is 2.38. The molecule has 1 fully saturated rings. The number of nitrogens with zero attached hydrogens (tertiary/aromatic N) is 3. The van der Waals surface area contributed by atoms with E-state index in [-0.39, 0.29) is 11.7 Å². The van der Waals surface area contributed by atoms with Crippen molar-refractivity contribution >= 4 is 33.2 Å². The number of carbonyl (C=O) groups excluding carboxylic acids is 1. The van der Waals surface area contributed by atoms with Crippen LogP contribution in [0.4, 0.5) is 5.82 Å². The van der Waals surface area contributed by atoms with E-state index in [1.807, 2.05) is 24.3 Å². The van der Waals surface area contributed by atoms with Crippen molar-refractivity contribution in [1.82, 2.24) is 15.3 Å². The zero-order chi connectivity index (χ0) is 21.7. The lowest BCUT2D eigenvalue weighted by Crippen LogP contribution is -2.40. The zero-order valence-corrected chi connectivity index (χ0v) is 18.2. The first-order valence-electron chi connectivity index (χ1n) is 9.34. The van der Waals surface area contributed by atoms with E-state index in [1.165, 1.54) is 12.3 Å². The first kappa shape index (κ1) is 22.2. The van der Waals surface area contributed by atoms with Gasteiger partial charge in [-0.1, -0.05) is 35.9 Å². The second kappa shape index (κ2) is 9.55. The summed E-state index contributed by atoms with van der Waals surface area (Å²) in [5, 5.41) is 4.37. The van der Waals surface area contributed by atoms with Crippen LogP contribution in [0.2, 0.25) is 5.02 Å². The molecule has 2 atom stereocenters. The van der Waals surface area contributed by atoms with Gasteiger partial charge in [0, 0.05) is 29.3 Å². The molecule has 1 saturated heterocycles. The van der Waals surface area contributed by atoms with Crippen molar-refractivity contribution in [2.24, 2.45) is 0 Å². The molecule has 3 rings (SSSR count). The van der Waals surface area contributed by atoms with E-state index < -0.39 is 21.8 Å². The third kappa shape index (κ3) is 5.78. The molecule has 1 aliphatic rings. The summed E-state index contributed by atoms with van der Waals surface area (Å²) in [5.74, 6) is 0.175. The minimum atomic E-state index is -3.25. The van der Waals surface area contributed by atoms with Crippen molar-refractivity contribution in [2.45, 2.75) is 19.0 Å². The average Bonchev–Trinajstić information content (AvgIpc) is 2.72. The number of rotatable bonds is 6. The molecule has 30 heavy (non-hydrogen) atoms. The summed E-state index contributed by atoms with van der Waals surface area (Å²) in [6.45, 7) is 3.31. The molecule has 1 unspecified atom stereocenters. The highest BCUT2D eigenvalue weighted by Crippen LogP contribution is 2.32. The number of aromatic nitrogens is 2. The molecular weight excluding hydrogens is 428 g/mol. The van der Waals surface area contributed by atoms with Crippen molar-refractivity contribution in [3.05, 3.63) is 64.4 Å². The number of halogens is 1. The summed E-state index contributed by atoms with van der Waals surface area (Å²) < 4.78 is 28.0. The number of hydrogen-bond acceptors (Lipinski definition) is 7. The molecule has 160 valence electrons. The number of sulfone groups is 1. The van der Waals surface area contributed by atoms with E-state index in [4.69, 9.17) is 16.3 Å². The smallest absolute Gasteiger partial charge is 0.271 e. The molecule has 1 aromatic heterocycles. The van der Waals surface area contributed by atoms with Gasteiger partial charge in [0.2, 0.25) is 0 Å². The summed E-state index contributed by atoms with van der Waals surface area (Å²) in [5.41, 5.74) is 1.08. The van der Waals surface area contributed by atoms with Crippen LogP contribution in [0.15, 0.2) is 48.1 Å². The van der Waals surface area contributed by atoms with E-state index >= 15 is 0 Å². The summed E-state index contributed by atoms with van der Waals surface area (Å²) >= 11 is 6.37. The highest BCUT2D eigenvalue weighted by Gasteiger charge is 2.27. The number of nitrogens with one attached hydrogen (secondary N) is 1. The number of morpholine rings is 1. The second-order valence-electron chi connectivity index (χ2n) is 6.99.